The van der Waals surface area contributed by atoms with Crippen molar-refractivity contribution in [1.29, 1.82) is 0 Å². The van der Waals surface area contributed by atoms with Gasteiger partial charge in [-0.2, -0.15) is 0 Å². The Hall–Kier alpha value is -1.76. The molecule has 0 radical (unpaired) electrons. The lowest BCUT2D eigenvalue weighted by Crippen LogP contribution is -2.19. The third kappa shape index (κ3) is 3.71. The van der Waals surface area contributed by atoms with Gasteiger partial charge in [-0.15, -0.1) is 0 Å². The average molecular weight is 295 g/mol. The first-order chi connectivity index (χ1) is 10.1. The number of benzene rings is 2. The second-order valence-electron chi connectivity index (χ2n) is 8.16. The van der Waals surface area contributed by atoms with Crippen LogP contribution in [0.3, 0.4) is 0 Å². The molecule has 0 aliphatic heterocycles. The van der Waals surface area contributed by atoms with Gasteiger partial charge in [0.05, 0.1) is 0 Å². The number of nitrogens with zero attached hydrogens (tertiary/aromatic N) is 1. The topological polar surface area (TPSA) is 3.24 Å². The van der Waals surface area contributed by atoms with Gasteiger partial charge in [0.15, 0.2) is 0 Å². The van der Waals surface area contributed by atoms with Gasteiger partial charge in [-0.25, -0.2) is 0 Å². The molecule has 0 saturated carbocycles. The number of anilines is 2. The molecule has 0 aromatic heterocycles. The van der Waals surface area contributed by atoms with E-state index in [1.807, 2.05) is 0 Å². The number of rotatable bonds is 2. The van der Waals surface area contributed by atoms with Crippen LogP contribution in [0.5, 0.6) is 0 Å². The molecule has 2 aromatic carbocycles. The predicted molar refractivity (Wildman–Crippen MR) is 98.3 cm³/mol. The fraction of sp³-hybridized carbons (Fsp3) is 0.429. The summed E-state index contributed by atoms with van der Waals surface area (Å²) in [4.78, 5) is 2.27. The summed E-state index contributed by atoms with van der Waals surface area (Å²) in [5.41, 5.74) is 5.54. The molecule has 0 atom stereocenters. The lowest BCUT2D eigenvalue weighted by molar-refractivity contribution is 0.568. The molecule has 0 bridgehead atoms. The largest absolute Gasteiger partial charge is 0.345 e. The highest BCUT2D eigenvalue weighted by atomic mass is 15.1. The van der Waals surface area contributed by atoms with E-state index in [4.69, 9.17) is 0 Å². The molecule has 0 unspecified atom stereocenters. The average Bonchev–Trinajstić information content (AvgIpc) is 2.45. The maximum Gasteiger partial charge on any atom is 0.0414 e. The zero-order valence-electron chi connectivity index (χ0n) is 15.1. The second kappa shape index (κ2) is 5.79. The summed E-state index contributed by atoms with van der Waals surface area (Å²) in [5.74, 6) is 0. The van der Waals surface area contributed by atoms with E-state index in [2.05, 4.69) is 102 Å². The predicted octanol–water partition coefficient (Wildman–Crippen LogP) is 6.05. The molecule has 0 N–H and O–H groups in total. The van der Waals surface area contributed by atoms with Gasteiger partial charge in [0.1, 0.15) is 0 Å². The Balaban J connectivity index is 2.56. The zero-order valence-corrected chi connectivity index (χ0v) is 15.1. The summed E-state index contributed by atoms with van der Waals surface area (Å²) >= 11 is 0. The second-order valence-corrected chi connectivity index (χ2v) is 8.16. The van der Waals surface area contributed by atoms with Crippen molar-refractivity contribution in [1.82, 2.24) is 0 Å². The van der Waals surface area contributed by atoms with Crippen LogP contribution in [0, 0.1) is 0 Å². The van der Waals surface area contributed by atoms with E-state index in [0.717, 1.165) is 0 Å². The third-order valence-electron chi connectivity index (χ3n) is 4.18. The van der Waals surface area contributed by atoms with E-state index in [9.17, 15) is 0 Å². The maximum absolute atomic E-state index is 2.36. The minimum atomic E-state index is 0.146. The normalized spacial score (nSPS) is 12.3. The number of para-hydroxylation sites is 1. The summed E-state index contributed by atoms with van der Waals surface area (Å²) in [6.45, 7) is 13.7. The van der Waals surface area contributed by atoms with E-state index in [1.54, 1.807) is 0 Å². The van der Waals surface area contributed by atoms with Gasteiger partial charge in [0.2, 0.25) is 0 Å². The molecule has 118 valence electrons. The molecule has 22 heavy (non-hydrogen) atoms. The van der Waals surface area contributed by atoms with Crippen LogP contribution in [-0.2, 0) is 10.8 Å². The van der Waals surface area contributed by atoms with Crippen LogP contribution in [0.25, 0.3) is 0 Å². The third-order valence-corrected chi connectivity index (χ3v) is 4.18. The molecule has 0 spiro atoms. The molecule has 0 fully saturated rings. The summed E-state index contributed by atoms with van der Waals surface area (Å²) in [6.07, 6.45) is 0. The standard InChI is InChI=1S/C21H29N/c1-20(2,3)16-13-17(21(4,5)6)15-19(14-16)22(7)18-11-9-8-10-12-18/h8-15H,1-7H3. The van der Waals surface area contributed by atoms with Crippen LogP contribution in [-0.4, -0.2) is 7.05 Å². The highest BCUT2D eigenvalue weighted by Gasteiger charge is 2.21. The van der Waals surface area contributed by atoms with Crippen molar-refractivity contribution < 1.29 is 0 Å². The van der Waals surface area contributed by atoms with E-state index in [0.29, 0.717) is 0 Å². The molecule has 0 amide bonds. The van der Waals surface area contributed by atoms with Crippen molar-refractivity contribution in [2.45, 2.75) is 52.4 Å². The Morgan fingerprint density at radius 3 is 1.50 bits per heavy atom. The molecule has 2 rings (SSSR count). The molecule has 2 aromatic rings. The fourth-order valence-electron chi connectivity index (χ4n) is 2.47. The first-order valence-corrected chi connectivity index (χ1v) is 8.04. The summed E-state index contributed by atoms with van der Waals surface area (Å²) in [7, 11) is 2.14. The van der Waals surface area contributed by atoms with Crippen molar-refractivity contribution in [3.05, 3.63) is 59.7 Å². The molecule has 1 heteroatoms. The van der Waals surface area contributed by atoms with Crippen LogP contribution in [0.15, 0.2) is 48.5 Å². The zero-order chi connectivity index (χ0) is 16.5. The summed E-state index contributed by atoms with van der Waals surface area (Å²) in [6, 6.07) is 17.5. The minimum absolute atomic E-state index is 0.146. The van der Waals surface area contributed by atoms with Gasteiger partial charge < -0.3 is 4.90 Å². The van der Waals surface area contributed by atoms with Gasteiger partial charge in [0, 0.05) is 18.4 Å². The Morgan fingerprint density at radius 2 is 1.09 bits per heavy atom. The van der Waals surface area contributed by atoms with Crippen LogP contribution < -0.4 is 4.90 Å². The SMILES string of the molecule is CN(c1ccccc1)c1cc(C(C)(C)C)cc(C(C)(C)C)c1. The monoisotopic (exact) mass is 295 g/mol. The quantitative estimate of drug-likeness (QED) is 0.652. The summed E-state index contributed by atoms with van der Waals surface area (Å²) < 4.78 is 0. The Labute approximate surface area is 136 Å². The molecule has 0 saturated heterocycles. The first-order valence-electron chi connectivity index (χ1n) is 8.04. The van der Waals surface area contributed by atoms with E-state index >= 15 is 0 Å². The Kier molecular flexibility index (Phi) is 4.37. The van der Waals surface area contributed by atoms with Crippen molar-refractivity contribution in [3.63, 3.8) is 0 Å². The van der Waals surface area contributed by atoms with Crippen LogP contribution in [0.1, 0.15) is 52.7 Å². The van der Waals surface area contributed by atoms with E-state index < -0.39 is 0 Å². The van der Waals surface area contributed by atoms with Crippen molar-refractivity contribution >= 4 is 11.4 Å². The van der Waals surface area contributed by atoms with Crippen LogP contribution >= 0.6 is 0 Å². The first kappa shape index (κ1) is 16.6. The van der Waals surface area contributed by atoms with Crippen molar-refractivity contribution in [2.24, 2.45) is 0 Å². The molecular weight excluding hydrogens is 266 g/mol. The maximum atomic E-state index is 2.36. The highest BCUT2D eigenvalue weighted by Crippen LogP contribution is 2.34. The van der Waals surface area contributed by atoms with Crippen molar-refractivity contribution in [2.75, 3.05) is 11.9 Å². The molecular formula is C21H29N. The Bertz CT molecular complexity index is 595. The van der Waals surface area contributed by atoms with Gasteiger partial charge in [0.25, 0.3) is 0 Å². The van der Waals surface area contributed by atoms with Crippen LogP contribution in [0.2, 0.25) is 0 Å². The fourth-order valence-corrected chi connectivity index (χ4v) is 2.47. The molecule has 1 nitrogen and oxygen atoms in total. The molecule has 0 aliphatic rings. The van der Waals surface area contributed by atoms with Gasteiger partial charge in [-0.1, -0.05) is 65.8 Å². The highest BCUT2D eigenvalue weighted by molar-refractivity contribution is 5.64. The van der Waals surface area contributed by atoms with Crippen molar-refractivity contribution in [3.8, 4) is 0 Å². The summed E-state index contributed by atoms with van der Waals surface area (Å²) in [5, 5.41) is 0. The van der Waals surface area contributed by atoms with Crippen LogP contribution in [0.4, 0.5) is 11.4 Å². The molecule has 0 heterocycles. The van der Waals surface area contributed by atoms with Gasteiger partial charge in [-0.05, 0) is 46.2 Å². The van der Waals surface area contributed by atoms with Gasteiger partial charge >= 0.3 is 0 Å². The smallest absolute Gasteiger partial charge is 0.0414 e. The Morgan fingerprint density at radius 1 is 0.636 bits per heavy atom. The van der Waals surface area contributed by atoms with Gasteiger partial charge in [-0.3, -0.25) is 0 Å². The number of hydrogen-bond acceptors (Lipinski definition) is 1. The van der Waals surface area contributed by atoms with E-state index in [1.165, 1.54) is 22.5 Å². The minimum Gasteiger partial charge on any atom is -0.345 e. The molecule has 0 aliphatic carbocycles. The lowest BCUT2D eigenvalue weighted by Gasteiger charge is -2.29. The number of hydrogen-bond donors (Lipinski definition) is 0. The lowest BCUT2D eigenvalue weighted by atomic mass is 9.80. The van der Waals surface area contributed by atoms with E-state index in [-0.39, 0.29) is 10.8 Å².